The van der Waals surface area contributed by atoms with Crippen LogP contribution in [0.5, 0.6) is 5.88 Å². The first-order valence-electron chi connectivity index (χ1n) is 5.34. The third-order valence-electron chi connectivity index (χ3n) is 2.69. The van der Waals surface area contributed by atoms with Gasteiger partial charge in [0.15, 0.2) is 5.65 Å². The van der Waals surface area contributed by atoms with E-state index in [4.69, 9.17) is 0 Å². The molecule has 0 unspecified atom stereocenters. The third kappa shape index (κ3) is 1.63. The molecule has 1 aromatic carbocycles. The zero-order chi connectivity index (χ0) is 11.8. The first-order valence-corrected chi connectivity index (χ1v) is 5.34. The average molecular weight is 225 g/mol. The SMILES string of the molecule is Cc1ccc(-n2cnc3ccc(O)nc32)cc1. The van der Waals surface area contributed by atoms with E-state index in [0.717, 1.165) is 11.2 Å². The van der Waals surface area contributed by atoms with Crippen LogP contribution in [0.3, 0.4) is 0 Å². The maximum Gasteiger partial charge on any atom is 0.212 e. The molecule has 0 aliphatic heterocycles. The topological polar surface area (TPSA) is 50.9 Å². The number of imidazole rings is 1. The van der Waals surface area contributed by atoms with E-state index in [2.05, 4.69) is 9.97 Å². The molecule has 0 aliphatic carbocycles. The van der Waals surface area contributed by atoms with Crippen molar-refractivity contribution in [1.82, 2.24) is 14.5 Å². The van der Waals surface area contributed by atoms with Gasteiger partial charge < -0.3 is 5.11 Å². The number of hydrogen-bond donors (Lipinski definition) is 1. The summed E-state index contributed by atoms with van der Waals surface area (Å²) < 4.78 is 1.86. The van der Waals surface area contributed by atoms with Gasteiger partial charge >= 0.3 is 0 Å². The van der Waals surface area contributed by atoms with E-state index in [1.807, 2.05) is 35.8 Å². The van der Waals surface area contributed by atoms with Gasteiger partial charge in [-0.05, 0) is 25.1 Å². The molecule has 0 atom stereocenters. The lowest BCUT2D eigenvalue weighted by atomic mass is 10.2. The summed E-state index contributed by atoms with van der Waals surface area (Å²) in [6, 6.07) is 11.4. The van der Waals surface area contributed by atoms with E-state index in [9.17, 15) is 5.11 Å². The fraction of sp³-hybridized carbons (Fsp3) is 0.0769. The highest BCUT2D eigenvalue weighted by atomic mass is 16.3. The molecule has 0 radical (unpaired) electrons. The molecule has 4 heteroatoms. The van der Waals surface area contributed by atoms with Crippen LogP contribution in [0.1, 0.15) is 5.56 Å². The number of benzene rings is 1. The lowest BCUT2D eigenvalue weighted by molar-refractivity contribution is 0.455. The highest BCUT2D eigenvalue weighted by Crippen LogP contribution is 2.18. The molecular weight excluding hydrogens is 214 g/mol. The van der Waals surface area contributed by atoms with Crippen molar-refractivity contribution in [3.05, 3.63) is 48.3 Å². The summed E-state index contributed by atoms with van der Waals surface area (Å²) in [5, 5.41) is 9.41. The van der Waals surface area contributed by atoms with Crippen molar-refractivity contribution in [2.45, 2.75) is 6.92 Å². The monoisotopic (exact) mass is 225 g/mol. The molecule has 0 spiro atoms. The van der Waals surface area contributed by atoms with E-state index >= 15 is 0 Å². The maximum absolute atomic E-state index is 9.41. The molecule has 0 saturated carbocycles. The highest BCUT2D eigenvalue weighted by Gasteiger charge is 2.06. The minimum absolute atomic E-state index is 0.00589. The minimum Gasteiger partial charge on any atom is -0.493 e. The van der Waals surface area contributed by atoms with Gasteiger partial charge in [0, 0.05) is 11.8 Å². The number of aromatic nitrogens is 3. The molecule has 0 bridgehead atoms. The Labute approximate surface area is 98.2 Å². The summed E-state index contributed by atoms with van der Waals surface area (Å²) in [6.45, 7) is 2.04. The molecule has 2 aromatic heterocycles. The smallest absolute Gasteiger partial charge is 0.212 e. The normalized spacial score (nSPS) is 10.9. The molecule has 0 aliphatic rings. The van der Waals surface area contributed by atoms with E-state index in [1.165, 1.54) is 11.6 Å². The summed E-state index contributed by atoms with van der Waals surface area (Å²) >= 11 is 0. The fourth-order valence-corrected chi connectivity index (χ4v) is 1.78. The first-order chi connectivity index (χ1) is 8.24. The third-order valence-corrected chi connectivity index (χ3v) is 2.69. The Kier molecular flexibility index (Phi) is 2.08. The molecule has 1 N–H and O–H groups in total. The van der Waals surface area contributed by atoms with E-state index in [-0.39, 0.29) is 5.88 Å². The van der Waals surface area contributed by atoms with Crippen LogP contribution in [-0.2, 0) is 0 Å². The minimum atomic E-state index is 0.00589. The molecule has 17 heavy (non-hydrogen) atoms. The van der Waals surface area contributed by atoms with Crippen LogP contribution >= 0.6 is 0 Å². The molecule has 84 valence electrons. The van der Waals surface area contributed by atoms with Crippen LogP contribution in [0.2, 0.25) is 0 Å². The second kappa shape index (κ2) is 3.59. The standard InChI is InChI=1S/C13H11N3O/c1-9-2-4-10(5-3-9)16-8-14-11-6-7-12(17)15-13(11)16/h2-8H,1H3,(H,15,17). The summed E-state index contributed by atoms with van der Waals surface area (Å²) in [5.41, 5.74) is 3.61. The fourth-order valence-electron chi connectivity index (χ4n) is 1.78. The molecule has 0 fully saturated rings. The summed E-state index contributed by atoms with van der Waals surface area (Å²) in [5.74, 6) is 0.00589. The van der Waals surface area contributed by atoms with E-state index in [0.29, 0.717) is 5.65 Å². The Balaban J connectivity index is 2.23. The molecule has 0 saturated heterocycles. The van der Waals surface area contributed by atoms with Crippen molar-refractivity contribution >= 4 is 11.2 Å². The summed E-state index contributed by atoms with van der Waals surface area (Å²) in [7, 11) is 0. The number of aromatic hydroxyl groups is 1. The number of hydrogen-bond acceptors (Lipinski definition) is 3. The predicted octanol–water partition coefficient (Wildman–Crippen LogP) is 2.43. The van der Waals surface area contributed by atoms with Gasteiger partial charge in [0.25, 0.3) is 0 Å². The molecule has 3 aromatic rings. The second-order valence-corrected chi connectivity index (χ2v) is 3.96. The van der Waals surface area contributed by atoms with Gasteiger partial charge in [-0.1, -0.05) is 17.7 Å². The van der Waals surface area contributed by atoms with Crippen molar-refractivity contribution < 1.29 is 5.11 Å². The van der Waals surface area contributed by atoms with Crippen molar-refractivity contribution in [1.29, 1.82) is 0 Å². The highest BCUT2D eigenvalue weighted by molar-refractivity contribution is 5.73. The van der Waals surface area contributed by atoms with E-state index in [1.54, 1.807) is 12.4 Å². The van der Waals surface area contributed by atoms with Crippen molar-refractivity contribution in [3.8, 4) is 11.6 Å². The number of pyridine rings is 1. The van der Waals surface area contributed by atoms with Gasteiger partial charge in [0.1, 0.15) is 11.8 Å². The Hall–Kier alpha value is -2.36. The van der Waals surface area contributed by atoms with Gasteiger partial charge in [-0.3, -0.25) is 4.57 Å². The Morgan fingerprint density at radius 1 is 1.06 bits per heavy atom. The Morgan fingerprint density at radius 3 is 2.59 bits per heavy atom. The number of aryl methyl sites for hydroxylation is 1. The van der Waals surface area contributed by atoms with Gasteiger partial charge in [-0.2, -0.15) is 4.98 Å². The molecule has 3 rings (SSSR count). The zero-order valence-electron chi connectivity index (χ0n) is 9.33. The van der Waals surface area contributed by atoms with Crippen LogP contribution in [-0.4, -0.2) is 19.6 Å². The van der Waals surface area contributed by atoms with Gasteiger partial charge in [0.2, 0.25) is 5.88 Å². The molecule has 4 nitrogen and oxygen atoms in total. The van der Waals surface area contributed by atoms with Crippen LogP contribution < -0.4 is 0 Å². The lowest BCUT2D eigenvalue weighted by Gasteiger charge is -2.03. The predicted molar refractivity (Wildman–Crippen MR) is 65.3 cm³/mol. The van der Waals surface area contributed by atoms with Gasteiger partial charge in [0.05, 0.1) is 0 Å². The summed E-state index contributed by atoms with van der Waals surface area (Å²) in [4.78, 5) is 8.34. The number of rotatable bonds is 1. The Bertz CT molecular complexity index is 671. The van der Waals surface area contributed by atoms with Gasteiger partial charge in [-0.25, -0.2) is 4.98 Å². The van der Waals surface area contributed by atoms with Crippen LogP contribution in [0.4, 0.5) is 0 Å². The quantitative estimate of drug-likeness (QED) is 0.692. The molecule has 2 heterocycles. The summed E-state index contributed by atoms with van der Waals surface area (Å²) in [6.07, 6.45) is 1.71. The van der Waals surface area contributed by atoms with Crippen LogP contribution in [0, 0.1) is 6.92 Å². The second-order valence-electron chi connectivity index (χ2n) is 3.96. The first kappa shape index (κ1) is 9.84. The van der Waals surface area contributed by atoms with Crippen molar-refractivity contribution in [3.63, 3.8) is 0 Å². The van der Waals surface area contributed by atoms with Gasteiger partial charge in [-0.15, -0.1) is 0 Å². The lowest BCUT2D eigenvalue weighted by Crippen LogP contribution is -1.93. The average Bonchev–Trinajstić information content (AvgIpc) is 2.73. The molecule has 0 amide bonds. The number of nitrogens with zero attached hydrogens (tertiary/aromatic N) is 3. The van der Waals surface area contributed by atoms with Crippen LogP contribution in [0.25, 0.3) is 16.9 Å². The van der Waals surface area contributed by atoms with Crippen molar-refractivity contribution in [2.75, 3.05) is 0 Å². The van der Waals surface area contributed by atoms with Crippen molar-refractivity contribution in [2.24, 2.45) is 0 Å². The molecular formula is C13H11N3O. The maximum atomic E-state index is 9.41. The van der Waals surface area contributed by atoms with E-state index < -0.39 is 0 Å². The largest absolute Gasteiger partial charge is 0.493 e. The Morgan fingerprint density at radius 2 is 1.82 bits per heavy atom. The number of fused-ring (bicyclic) bond motifs is 1. The van der Waals surface area contributed by atoms with Crippen LogP contribution in [0.15, 0.2) is 42.7 Å². The zero-order valence-corrected chi connectivity index (χ0v) is 9.33.